The van der Waals surface area contributed by atoms with Crippen LogP contribution in [0.1, 0.15) is 0 Å². The van der Waals surface area contributed by atoms with Gasteiger partial charge >= 0.3 is 51.7 Å². The van der Waals surface area contributed by atoms with Gasteiger partial charge in [-0.2, -0.15) is 0 Å². The predicted molar refractivity (Wildman–Crippen MR) is 19.1 cm³/mol. The van der Waals surface area contributed by atoms with Crippen molar-refractivity contribution in [2.24, 2.45) is 0 Å². The Morgan fingerprint density at radius 1 is 1.33 bits per heavy atom. The van der Waals surface area contributed by atoms with E-state index in [1.807, 2.05) is 0 Å². The maximum absolute atomic E-state index is 8.48. The normalized spacial score (nSPS) is 4.33. The van der Waals surface area contributed by atoms with Gasteiger partial charge in [0.15, 0.2) is 0 Å². The molecule has 0 heterocycles. The average Bonchev–Trinajstić information content (AvgIpc) is 0.811. The smallest absolute Gasteiger partial charge is 0.598 e. The number of rotatable bonds is 0. The van der Waals surface area contributed by atoms with Gasteiger partial charge in [-0.25, -0.2) is 0 Å². The van der Waals surface area contributed by atoms with Crippen molar-refractivity contribution in [3.05, 3.63) is 0 Å². The second kappa shape index (κ2) is 9.90. The van der Waals surface area contributed by atoms with E-state index in [-0.39, 0.29) is 51.7 Å². The van der Waals surface area contributed by atoms with Crippen molar-refractivity contribution in [3.8, 4) is 0 Å². The Morgan fingerprint density at radius 3 is 1.33 bits per heavy atom. The summed E-state index contributed by atoms with van der Waals surface area (Å²) < 4.78 is 8.48. The third-order valence-corrected chi connectivity index (χ3v) is 0. The molecule has 0 saturated carbocycles. The van der Waals surface area contributed by atoms with Crippen molar-refractivity contribution < 1.29 is 14.4 Å². The minimum Gasteiger partial charge on any atom is -0.598 e. The fraction of sp³-hybridized carbons (Fsp3) is 0. The summed E-state index contributed by atoms with van der Waals surface area (Å²) in [5, 5.41) is 0. The summed E-state index contributed by atoms with van der Waals surface area (Å²) in [6.07, 6.45) is 0. The fourth-order valence-electron chi connectivity index (χ4n) is 0. The molecule has 0 amide bonds. The van der Waals surface area contributed by atoms with Crippen LogP contribution in [0.2, 0.25) is 0 Å². The van der Waals surface area contributed by atoms with E-state index in [2.05, 4.69) is 0 Å². The van der Waals surface area contributed by atoms with Crippen LogP contribution < -0.4 is 9.79 Å². The molecule has 0 aliphatic heterocycles. The molecular formula is O3PPbSb+4. The molecule has 28 valence electrons. The first kappa shape index (κ1) is 15.7. The molecule has 0 unspecified atom stereocenters. The Labute approximate surface area is 73.7 Å². The van der Waals surface area contributed by atoms with Gasteiger partial charge in [-0.1, -0.05) is 4.57 Å². The van der Waals surface area contributed by atoms with E-state index >= 15 is 0 Å². The van der Waals surface area contributed by atoms with Crippen LogP contribution in [0.3, 0.4) is 0 Å². The van der Waals surface area contributed by atoms with Crippen LogP contribution in [0.15, 0.2) is 0 Å². The summed E-state index contributed by atoms with van der Waals surface area (Å²) in [6, 6.07) is 0. The van der Waals surface area contributed by atoms with Crippen molar-refractivity contribution in [2.75, 3.05) is 0 Å². The second-order valence-electron chi connectivity index (χ2n) is 0.224. The van der Waals surface area contributed by atoms with E-state index in [4.69, 9.17) is 14.4 Å². The van der Waals surface area contributed by atoms with E-state index in [1.54, 1.807) is 0 Å². The second-order valence-corrected chi connectivity index (χ2v) is 0.671. The molecule has 0 fully saturated rings. The topological polar surface area (TPSA) is 63.2 Å². The van der Waals surface area contributed by atoms with Gasteiger partial charge in [0.05, 0.1) is 0 Å². The molecular weight excluding hydrogens is 408 g/mol. The van der Waals surface area contributed by atoms with Crippen molar-refractivity contribution in [2.45, 2.75) is 0 Å². The van der Waals surface area contributed by atoms with E-state index in [0.29, 0.717) is 0 Å². The molecule has 0 aromatic carbocycles. The third kappa shape index (κ3) is 42.1. The summed E-state index contributed by atoms with van der Waals surface area (Å²) in [5.41, 5.74) is 0. The van der Waals surface area contributed by atoms with E-state index in [1.165, 1.54) is 0 Å². The quantitative estimate of drug-likeness (QED) is 0.332. The van der Waals surface area contributed by atoms with Crippen molar-refractivity contribution in [3.63, 3.8) is 0 Å². The van der Waals surface area contributed by atoms with Gasteiger partial charge in [-0.05, 0) is 0 Å². The van der Waals surface area contributed by atoms with Gasteiger partial charge in [0, 0.05) is 0 Å². The van der Waals surface area contributed by atoms with Gasteiger partial charge < -0.3 is 9.79 Å². The molecule has 6 heteroatoms. The number of hydrogen-bond donors (Lipinski definition) is 0. The maximum atomic E-state index is 8.48. The van der Waals surface area contributed by atoms with Crippen molar-refractivity contribution in [1.29, 1.82) is 0 Å². The molecule has 0 aliphatic carbocycles. The SMILES string of the molecule is O=[P+]([O-])[O-].[Pb+2].[Sb+3]. The molecule has 0 N–H and O–H groups in total. The molecule has 4 radical (unpaired) electrons. The van der Waals surface area contributed by atoms with Gasteiger partial charge in [0.25, 0.3) is 8.25 Å². The van der Waals surface area contributed by atoms with E-state index < -0.39 is 8.25 Å². The maximum Gasteiger partial charge on any atom is 3.00 e. The molecule has 6 heavy (non-hydrogen) atoms. The Hall–Kier alpha value is 1.76. The van der Waals surface area contributed by atoms with Crippen LogP contribution in [0, 0.1) is 0 Å². The summed E-state index contributed by atoms with van der Waals surface area (Å²) in [4.78, 5) is 17.0. The summed E-state index contributed by atoms with van der Waals surface area (Å²) >= 11 is 0. The van der Waals surface area contributed by atoms with Crippen LogP contribution in [-0.4, -0.2) is 51.7 Å². The first-order chi connectivity index (χ1) is 1.73. The van der Waals surface area contributed by atoms with Crippen molar-refractivity contribution in [1.82, 2.24) is 0 Å². The summed E-state index contributed by atoms with van der Waals surface area (Å²) in [7, 11) is -3.37. The zero-order chi connectivity index (χ0) is 3.58. The minimum atomic E-state index is -3.37. The zero-order valence-corrected chi connectivity index (χ0v) is 9.95. The third-order valence-electron chi connectivity index (χ3n) is 0. The molecule has 0 spiro atoms. The molecule has 0 bridgehead atoms. The Bertz CT molecular complexity index is 33.8. The predicted octanol–water partition coefficient (Wildman–Crippen LogP) is -2.40. The molecule has 0 rings (SSSR count). The Morgan fingerprint density at radius 2 is 1.33 bits per heavy atom. The van der Waals surface area contributed by atoms with Crippen LogP contribution in [-0.2, 0) is 4.57 Å². The molecule has 0 aromatic rings. The molecule has 0 aliphatic rings. The van der Waals surface area contributed by atoms with Crippen molar-refractivity contribution >= 4 is 60.0 Å². The van der Waals surface area contributed by atoms with E-state index in [0.717, 1.165) is 0 Å². The van der Waals surface area contributed by atoms with Crippen LogP contribution in [0.5, 0.6) is 0 Å². The Kier molecular flexibility index (Phi) is 25.8. The molecule has 3 nitrogen and oxygen atoms in total. The molecule has 0 aromatic heterocycles. The molecule has 0 atom stereocenters. The summed E-state index contributed by atoms with van der Waals surface area (Å²) in [6.45, 7) is 0. The first-order valence-electron chi connectivity index (χ1n) is 0.548. The van der Waals surface area contributed by atoms with Gasteiger partial charge in [0.2, 0.25) is 0 Å². The van der Waals surface area contributed by atoms with Crippen LogP contribution >= 0.6 is 8.25 Å². The average molecular weight is 408 g/mol. The monoisotopic (exact) mass is 408 g/mol. The molecule has 0 saturated heterocycles. The van der Waals surface area contributed by atoms with Gasteiger partial charge in [-0.3, -0.25) is 0 Å². The van der Waals surface area contributed by atoms with Gasteiger partial charge in [-0.15, -0.1) is 0 Å². The van der Waals surface area contributed by atoms with Crippen LogP contribution in [0.4, 0.5) is 0 Å². The van der Waals surface area contributed by atoms with Gasteiger partial charge in [0.1, 0.15) is 0 Å². The van der Waals surface area contributed by atoms with Crippen LogP contribution in [0.25, 0.3) is 0 Å². The standard InChI is InChI=1S/HO3P.Pb.Sb/c1-4(2)3;;/h(H,1,2,3);;/q;+2;+3/p-1. The Balaban J connectivity index is -0.0000000450. The largest absolute Gasteiger partial charge is 3.00 e. The minimum absolute atomic E-state index is 0. The zero-order valence-electron chi connectivity index (χ0n) is 2.62. The summed E-state index contributed by atoms with van der Waals surface area (Å²) in [5.74, 6) is 0. The first-order valence-corrected chi connectivity index (χ1v) is 1.64. The van der Waals surface area contributed by atoms with E-state index in [9.17, 15) is 0 Å². The number of hydrogen-bond acceptors (Lipinski definition) is 3. The fourth-order valence-corrected chi connectivity index (χ4v) is 0.